The van der Waals surface area contributed by atoms with Crippen LogP contribution in [-0.4, -0.2) is 17.8 Å². The van der Waals surface area contributed by atoms with Crippen LogP contribution in [0.3, 0.4) is 0 Å². The van der Waals surface area contributed by atoms with E-state index in [0.29, 0.717) is 0 Å². The average Bonchev–Trinajstić information content (AvgIpc) is 2.16. The molecule has 1 aromatic carbocycles. The average molecular weight is 163 g/mol. The molecule has 0 heterocycles. The maximum atomic E-state index is 9.11. The molecular formula is C10H13NO. The zero-order valence-corrected chi connectivity index (χ0v) is 6.85. The zero-order valence-electron chi connectivity index (χ0n) is 6.85. The van der Waals surface area contributed by atoms with E-state index in [4.69, 9.17) is 10.8 Å². The van der Waals surface area contributed by atoms with Crippen LogP contribution in [0.2, 0.25) is 0 Å². The Morgan fingerprint density at radius 1 is 1.33 bits per heavy atom. The number of hydrogen-bond donors (Lipinski definition) is 2. The molecule has 0 bridgehead atoms. The molecule has 0 spiro atoms. The number of nitrogens with two attached hydrogens (primary N) is 1. The summed E-state index contributed by atoms with van der Waals surface area (Å²) in [6.07, 6.45) is 3.01. The molecule has 0 radical (unpaired) electrons. The van der Waals surface area contributed by atoms with Crippen LogP contribution in [0, 0.1) is 0 Å². The van der Waals surface area contributed by atoms with Crippen molar-refractivity contribution < 1.29 is 5.11 Å². The minimum absolute atomic E-state index is 0.267. The largest absolute Gasteiger partial charge is 0.388 e. The Kier molecular flexibility index (Phi) is 3.51. The van der Waals surface area contributed by atoms with Gasteiger partial charge in [-0.05, 0) is 5.56 Å². The van der Waals surface area contributed by atoms with Crippen molar-refractivity contribution in [3.63, 3.8) is 0 Å². The van der Waals surface area contributed by atoms with Crippen molar-refractivity contribution in [2.75, 3.05) is 6.54 Å². The third-order valence-corrected chi connectivity index (χ3v) is 1.55. The Morgan fingerprint density at radius 2 is 2.00 bits per heavy atom. The zero-order chi connectivity index (χ0) is 8.81. The van der Waals surface area contributed by atoms with E-state index in [1.165, 1.54) is 0 Å². The number of benzene rings is 1. The van der Waals surface area contributed by atoms with E-state index in [2.05, 4.69) is 0 Å². The van der Waals surface area contributed by atoms with Gasteiger partial charge in [-0.3, -0.25) is 0 Å². The highest BCUT2D eigenvalue weighted by Crippen LogP contribution is 2.01. The molecule has 64 valence electrons. The first-order valence-corrected chi connectivity index (χ1v) is 3.94. The summed E-state index contributed by atoms with van der Waals surface area (Å²) < 4.78 is 0. The highest BCUT2D eigenvalue weighted by atomic mass is 16.3. The van der Waals surface area contributed by atoms with Gasteiger partial charge in [-0.25, -0.2) is 0 Å². The van der Waals surface area contributed by atoms with Crippen molar-refractivity contribution >= 4 is 6.08 Å². The van der Waals surface area contributed by atoms with Crippen LogP contribution < -0.4 is 5.73 Å². The van der Waals surface area contributed by atoms with Crippen LogP contribution in [0.4, 0.5) is 0 Å². The Labute approximate surface area is 72.3 Å². The highest BCUT2D eigenvalue weighted by Gasteiger charge is 1.91. The third kappa shape index (κ3) is 2.86. The molecule has 2 heteroatoms. The van der Waals surface area contributed by atoms with Crippen molar-refractivity contribution in [3.8, 4) is 0 Å². The molecule has 0 aromatic heterocycles. The second-order valence-corrected chi connectivity index (χ2v) is 2.57. The van der Waals surface area contributed by atoms with Crippen LogP contribution >= 0.6 is 0 Å². The molecule has 3 N–H and O–H groups in total. The van der Waals surface area contributed by atoms with E-state index >= 15 is 0 Å². The van der Waals surface area contributed by atoms with E-state index in [-0.39, 0.29) is 6.54 Å². The minimum Gasteiger partial charge on any atom is -0.388 e. The summed E-state index contributed by atoms with van der Waals surface area (Å²) in [6.45, 7) is 0.267. The second kappa shape index (κ2) is 4.70. The number of aliphatic hydroxyl groups is 1. The van der Waals surface area contributed by atoms with Gasteiger partial charge in [0.05, 0.1) is 6.10 Å². The lowest BCUT2D eigenvalue weighted by Gasteiger charge is -1.98. The summed E-state index contributed by atoms with van der Waals surface area (Å²) in [5.74, 6) is 0. The van der Waals surface area contributed by atoms with E-state index in [9.17, 15) is 0 Å². The lowest BCUT2D eigenvalue weighted by Crippen LogP contribution is -2.16. The topological polar surface area (TPSA) is 46.2 Å². The Bertz CT molecular complexity index is 243. The Hall–Kier alpha value is -1.12. The SMILES string of the molecule is NC[C@H](O)C=Cc1ccccc1. The van der Waals surface area contributed by atoms with Crippen molar-refractivity contribution in [1.29, 1.82) is 0 Å². The van der Waals surface area contributed by atoms with E-state index in [0.717, 1.165) is 5.56 Å². The van der Waals surface area contributed by atoms with Crippen molar-refractivity contribution in [3.05, 3.63) is 42.0 Å². The van der Waals surface area contributed by atoms with E-state index in [1.54, 1.807) is 6.08 Å². The van der Waals surface area contributed by atoms with Gasteiger partial charge < -0.3 is 10.8 Å². The predicted molar refractivity (Wildman–Crippen MR) is 50.5 cm³/mol. The normalized spacial score (nSPS) is 13.5. The van der Waals surface area contributed by atoms with Crippen LogP contribution in [0.25, 0.3) is 6.08 Å². The minimum atomic E-state index is -0.537. The number of aliphatic hydroxyl groups excluding tert-OH is 1. The molecule has 1 aromatic rings. The molecule has 12 heavy (non-hydrogen) atoms. The summed E-state index contributed by atoms with van der Waals surface area (Å²) in [6, 6.07) is 9.80. The molecule has 1 atom stereocenters. The van der Waals surface area contributed by atoms with Crippen LogP contribution in [-0.2, 0) is 0 Å². The standard InChI is InChI=1S/C10H13NO/c11-8-10(12)7-6-9-4-2-1-3-5-9/h1-7,10,12H,8,11H2/t10-/m1/s1. The lowest BCUT2D eigenvalue weighted by molar-refractivity contribution is 0.232. The molecule has 2 nitrogen and oxygen atoms in total. The summed E-state index contributed by atoms with van der Waals surface area (Å²) in [5.41, 5.74) is 6.31. The fourth-order valence-corrected chi connectivity index (χ4v) is 0.865. The fourth-order valence-electron chi connectivity index (χ4n) is 0.865. The fraction of sp³-hybridized carbons (Fsp3) is 0.200. The smallest absolute Gasteiger partial charge is 0.0846 e. The lowest BCUT2D eigenvalue weighted by atomic mass is 10.2. The molecule has 0 aliphatic rings. The molecular weight excluding hydrogens is 150 g/mol. The molecule has 0 amide bonds. The maximum absolute atomic E-state index is 9.11. The summed E-state index contributed by atoms with van der Waals surface area (Å²) >= 11 is 0. The van der Waals surface area contributed by atoms with Gasteiger partial charge in [0.15, 0.2) is 0 Å². The van der Waals surface area contributed by atoms with Gasteiger partial charge in [0.25, 0.3) is 0 Å². The first-order chi connectivity index (χ1) is 5.83. The number of hydrogen-bond acceptors (Lipinski definition) is 2. The van der Waals surface area contributed by atoms with Gasteiger partial charge in [-0.15, -0.1) is 0 Å². The quantitative estimate of drug-likeness (QED) is 0.698. The molecule has 1 rings (SSSR count). The van der Waals surface area contributed by atoms with Crippen LogP contribution in [0.5, 0.6) is 0 Å². The Balaban J connectivity index is 2.58. The van der Waals surface area contributed by atoms with Gasteiger partial charge >= 0.3 is 0 Å². The van der Waals surface area contributed by atoms with Crippen LogP contribution in [0.1, 0.15) is 5.56 Å². The van der Waals surface area contributed by atoms with Gasteiger partial charge in [-0.1, -0.05) is 42.5 Å². The van der Waals surface area contributed by atoms with Crippen molar-refractivity contribution in [2.45, 2.75) is 6.10 Å². The monoisotopic (exact) mass is 163 g/mol. The van der Waals surface area contributed by atoms with Gasteiger partial charge in [-0.2, -0.15) is 0 Å². The molecule has 0 saturated carbocycles. The second-order valence-electron chi connectivity index (χ2n) is 2.57. The summed E-state index contributed by atoms with van der Waals surface area (Å²) in [4.78, 5) is 0. The molecule has 0 unspecified atom stereocenters. The predicted octanol–water partition coefficient (Wildman–Crippen LogP) is 1.02. The van der Waals surface area contributed by atoms with Crippen molar-refractivity contribution in [2.24, 2.45) is 5.73 Å². The van der Waals surface area contributed by atoms with Crippen molar-refractivity contribution in [1.82, 2.24) is 0 Å². The molecule has 0 aliphatic carbocycles. The van der Waals surface area contributed by atoms with Gasteiger partial charge in [0.2, 0.25) is 0 Å². The maximum Gasteiger partial charge on any atom is 0.0846 e. The summed E-state index contributed by atoms with van der Waals surface area (Å²) in [5, 5.41) is 9.11. The van der Waals surface area contributed by atoms with Gasteiger partial charge in [0, 0.05) is 6.54 Å². The number of rotatable bonds is 3. The van der Waals surface area contributed by atoms with E-state index in [1.807, 2.05) is 36.4 Å². The molecule has 0 fully saturated rings. The first-order valence-electron chi connectivity index (χ1n) is 3.94. The van der Waals surface area contributed by atoms with Crippen LogP contribution in [0.15, 0.2) is 36.4 Å². The van der Waals surface area contributed by atoms with E-state index < -0.39 is 6.10 Å². The van der Waals surface area contributed by atoms with Gasteiger partial charge in [0.1, 0.15) is 0 Å². The highest BCUT2D eigenvalue weighted by molar-refractivity contribution is 5.49. The third-order valence-electron chi connectivity index (χ3n) is 1.55. The Morgan fingerprint density at radius 3 is 2.58 bits per heavy atom. The molecule has 0 saturated heterocycles. The summed E-state index contributed by atoms with van der Waals surface area (Å²) in [7, 11) is 0. The first kappa shape index (κ1) is 8.97. The molecule has 0 aliphatic heterocycles.